The van der Waals surface area contributed by atoms with Gasteiger partial charge in [0.25, 0.3) is 5.91 Å². The summed E-state index contributed by atoms with van der Waals surface area (Å²) >= 11 is 12.0. The molecule has 6 heteroatoms. The molecule has 0 bridgehead atoms. The first kappa shape index (κ1) is 17.3. The zero-order valence-electron chi connectivity index (χ0n) is 12.8. The van der Waals surface area contributed by atoms with Gasteiger partial charge in [-0.25, -0.2) is 5.43 Å². The monoisotopic (exact) mass is 350 g/mol. The number of nitrogens with zero attached hydrogens (tertiary/aromatic N) is 1. The molecule has 0 radical (unpaired) electrons. The molecular weight excluding hydrogens is 335 g/mol. The summed E-state index contributed by atoms with van der Waals surface area (Å²) in [5.74, 6) is 0.280. The van der Waals surface area contributed by atoms with Crippen LogP contribution in [0.15, 0.2) is 47.6 Å². The number of carbonyl (C=O) groups excluding carboxylic acids is 1. The van der Waals surface area contributed by atoms with Crippen molar-refractivity contribution in [1.82, 2.24) is 5.43 Å². The minimum Gasteiger partial charge on any atom is -0.484 e. The summed E-state index contributed by atoms with van der Waals surface area (Å²) in [4.78, 5) is 11.8. The van der Waals surface area contributed by atoms with Gasteiger partial charge in [0, 0.05) is 15.6 Å². The largest absolute Gasteiger partial charge is 0.484 e. The van der Waals surface area contributed by atoms with E-state index in [1.807, 2.05) is 25.1 Å². The highest BCUT2D eigenvalue weighted by Gasteiger charge is 2.07. The molecule has 0 aliphatic rings. The molecule has 2 rings (SSSR count). The van der Waals surface area contributed by atoms with E-state index in [4.69, 9.17) is 27.9 Å². The summed E-state index contributed by atoms with van der Waals surface area (Å²) in [6.45, 7) is 3.57. The fraction of sp³-hybridized carbons (Fsp3) is 0.176. The molecule has 4 nitrogen and oxygen atoms in total. The molecule has 0 saturated heterocycles. The first-order chi connectivity index (χ1) is 11.0. The van der Waals surface area contributed by atoms with Crippen LogP contribution in [0, 0.1) is 6.92 Å². The number of benzene rings is 2. The quantitative estimate of drug-likeness (QED) is 0.648. The van der Waals surface area contributed by atoms with Gasteiger partial charge in [0.1, 0.15) is 5.75 Å². The number of hydrogen-bond acceptors (Lipinski definition) is 3. The van der Waals surface area contributed by atoms with Gasteiger partial charge in [-0.2, -0.15) is 5.10 Å². The van der Waals surface area contributed by atoms with Crippen molar-refractivity contribution < 1.29 is 9.53 Å². The van der Waals surface area contributed by atoms with Crippen molar-refractivity contribution in [3.8, 4) is 5.75 Å². The van der Waals surface area contributed by atoms with Gasteiger partial charge in [-0.15, -0.1) is 0 Å². The van der Waals surface area contributed by atoms with Gasteiger partial charge in [-0.3, -0.25) is 4.79 Å². The molecule has 0 aliphatic heterocycles. The van der Waals surface area contributed by atoms with E-state index >= 15 is 0 Å². The van der Waals surface area contributed by atoms with E-state index in [0.717, 1.165) is 5.56 Å². The highest BCUT2D eigenvalue weighted by molar-refractivity contribution is 6.36. The first-order valence-corrected chi connectivity index (χ1v) is 7.69. The van der Waals surface area contributed by atoms with Crippen LogP contribution in [0.3, 0.4) is 0 Å². The third kappa shape index (κ3) is 5.27. The standard InChI is InChI=1S/C17H16Cl2N2O2/c1-11-4-3-5-14(8-11)23-10-17(22)21-20-12(2)15-9-13(18)6-7-16(15)19/h3-9H,10H2,1-2H3,(H,21,22)/b20-12-. The minimum absolute atomic E-state index is 0.122. The molecule has 1 amide bonds. The van der Waals surface area contributed by atoms with Gasteiger partial charge in [-0.1, -0.05) is 35.3 Å². The van der Waals surface area contributed by atoms with Gasteiger partial charge >= 0.3 is 0 Å². The second-order valence-electron chi connectivity index (χ2n) is 4.96. The normalized spacial score (nSPS) is 11.2. The van der Waals surface area contributed by atoms with Crippen LogP contribution in [0.1, 0.15) is 18.1 Å². The number of amides is 1. The van der Waals surface area contributed by atoms with Crippen molar-refractivity contribution in [3.05, 3.63) is 63.6 Å². The Morgan fingerprint density at radius 3 is 2.74 bits per heavy atom. The van der Waals surface area contributed by atoms with Crippen molar-refractivity contribution in [3.63, 3.8) is 0 Å². The van der Waals surface area contributed by atoms with Gasteiger partial charge in [0.15, 0.2) is 6.61 Å². The van der Waals surface area contributed by atoms with Crippen molar-refractivity contribution in [2.24, 2.45) is 5.10 Å². The van der Waals surface area contributed by atoms with E-state index in [2.05, 4.69) is 10.5 Å². The average Bonchev–Trinajstić information content (AvgIpc) is 2.53. The van der Waals surface area contributed by atoms with E-state index in [-0.39, 0.29) is 12.5 Å². The number of rotatable bonds is 5. The molecule has 0 atom stereocenters. The molecule has 2 aromatic carbocycles. The highest BCUT2D eigenvalue weighted by Crippen LogP contribution is 2.21. The minimum atomic E-state index is -0.357. The smallest absolute Gasteiger partial charge is 0.277 e. The Kier molecular flexibility index (Phi) is 6.02. The number of hydrazone groups is 1. The van der Waals surface area contributed by atoms with E-state index in [1.165, 1.54) is 0 Å². The van der Waals surface area contributed by atoms with E-state index < -0.39 is 0 Å². The van der Waals surface area contributed by atoms with Crippen LogP contribution in [0.5, 0.6) is 5.75 Å². The molecular formula is C17H16Cl2N2O2. The predicted molar refractivity (Wildman–Crippen MR) is 93.5 cm³/mol. The SMILES string of the molecule is C/C(=N/NC(=O)COc1cccc(C)c1)c1cc(Cl)ccc1Cl. The Morgan fingerprint density at radius 2 is 2.00 bits per heavy atom. The van der Waals surface area contributed by atoms with Crippen LogP contribution in [0.2, 0.25) is 10.0 Å². The molecule has 0 aliphatic carbocycles. The molecule has 120 valence electrons. The Morgan fingerprint density at radius 1 is 1.22 bits per heavy atom. The lowest BCUT2D eigenvalue weighted by Crippen LogP contribution is -2.25. The van der Waals surface area contributed by atoms with E-state index in [1.54, 1.807) is 31.2 Å². The second-order valence-corrected chi connectivity index (χ2v) is 5.81. The molecule has 0 aromatic heterocycles. The maximum absolute atomic E-state index is 11.8. The Balaban J connectivity index is 1.93. The molecule has 0 unspecified atom stereocenters. The highest BCUT2D eigenvalue weighted by atomic mass is 35.5. The second kappa shape index (κ2) is 7.99. The summed E-state index contributed by atoms with van der Waals surface area (Å²) in [6.07, 6.45) is 0. The Labute approximate surface area is 145 Å². The number of carbonyl (C=O) groups is 1. The number of aryl methyl sites for hydroxylation is 1. The van der Waals surface area contributed by atoms with Gasteiger partial charge in [0.2, 0.25) is 0 Å². The molecule has 1 N–H and O–H groups in total. The van der Waals surface area contributed by atoms with Crippen LogP contribution >= 0.6 is 23.2 Å². The summed E-state index contributed by atoms with van der Waals surface area (Å²) in [7, 11) is 0. The summed E-state index contributed by atoms with van der Waals surface area (Å²) in [6, 6.07) is 12.5. The molecule has 0 heterocycles. The fourth-order valence-electron chi connectivity index (χ4n) is 1.87. The molecule has 2 aromatic rings. The van der Waals surface area contributed by atoms with Crippen molar-refractivity contribution in [2.45, 2.75) is 13.8 Å². The average molecular weight is 351 g/mol. The maximum atomic E-state index is 11.8. The topological polar surface area (TPSA) is 50.7 Å². The zero-order chi connectivity index (χ0) is 16.8. The van der Waals surface area contributed by atoms with E-state index in [9.17, 15) is 4.79 Å². The van der Waals surface area contributed by atoms with Crippen LogP contribution in [0.4, 0.5) is 0 Å². The number of halogens is 2. The van der Waals surface area contributed by atoms with E-state index in [0.29, 0.717) is 27.1 Å². The van der Waals surface area contributed by atoms with Gasteiger partial charge in [0.05, 0.1) is 5.71 Å². The third-order valence-corrected chi connectivity index (χ3v) is 3.59. The lowest BCUT2D eigenvalue weighted by atomic mass is 10.1. The summed E-state index contributed by atoms with van der Waals surface area (Å²) in [5.41, 5.74) is 4.72. The first-order valence-electron chi connectivity index (χ1n) is 6.94. The van der Waals surface area contributed by atoms with Crippen LogP contribution in [-0.2, 0) is 4.79 Å². The Hall–Kier alpha value is -2.04. The summed E-state index contributed by atoms with van der Waals surface area (Å²) in [5, 5.41) is 5.08. The van der Waals surface area contributed by atoms with Crippen LogP contribution in [-0.4, -0.2) is 18.2 Å². The molecule has 23 heavy (non-hydrogen) atoms. The molecule has 0 saturated carbocycles. The number of nitrogens with one attached hydrogen (secondary N) is 1. The predicted octanol–water partition coefficient (Wildman–Crippen LogP) is 4.22. The number of hydrogen-bond donors (Lipinski definition) is 1. The van der Waals surface area contributed by atoms with Crippen LogP contribution in [0.25, 0.3) is 0 Å². The maximum Gasteiger partial charge on any atom is 0.277 e. The van der Waals surface area contributed by atoms with Crippen molar-refractivity contribution in [2.75, 3.05) is 6.61 Å². The lowest BCUT2D eigenvalue weighted by Gasteiger charge is -2.07. The van der Waals surface area contributed by atoms with Gasteiger partial charge < -0.3 is 4.74 Å². The third-order valence-electron chi connectivity index (χ3n) is 3.03. The lowest BCUT2D eigenvalue weighted by molar-refractivity contribution is -0.123. The fourth-order valence-corrected chi connectivity index (χ4v) is 2.29. The van der Waals surface area contributed by atoms with Crippen LogP contribution < -0.4 is 10.2 Å². The molecule has 0 spiro atoms. The zero-order valence-corrected chi connectivity index (χ0v) is 14.3. The summed E-state index contributed by atoms with van der Waals surface area (Å²) < 4.78 is 5.40. The molecule has 0 fully saturated rings. The van der Waals surface area contributed by atoms with Crippen molar-refractivity contribution >= 4 is 34.8 Å². The van der Waals surface area contributed by atoms with Crippen molar-refractivity contribution in [1.29, 1.82) is 0 Å². The van der Waals surface area contributed by atoms with Gasteiger partial charge in [-0.05, 0) is 49.7 Å². The number of ether oxygens (including phenoxy) is 1. The Bertz CT molecular complexity index is 745.